The molecule has 11 heteroatoms. The molecule has 2 aromatic rings. The van der Waals surface area contributed by atoms with Crippen LogP contribution in [-0.2, 0) is 12.7 Å². The Balaban J connectivity index is 1.39. The second-order valence-corrected chi connectivity index (χ2v) is 8.71. The van der Waals surface area contributed by atoms with Crippen LogP contribution in [0, 0.1) is 10.7 Å². The molecule has 1 aromatic carbocycles. The number of rotatable bonds is 6. The second kappa shape index (κ2) is 9.34. The molecule has 4 rings (SSSR count). The lowest BCUT2D eigenvalue weighted by Crippen LogP contribution is -2.38. The predicted octanol–water partition coefficient (Wildman–Crippen LogP) is 5.72. The van der Waals surface area contributed by atoms with E-state index in [2.05, 4.69) is 15.1 Å². The SMILES string of the molecule is O=NC(=O)c1cc(C2CC2)c(CN2CCC(Oc3ncc(C(F)(F)F)cc3Cl)CC2)cc1F. The molecule has 1 aromatic heterocycles. The van der Waals surface area contributed by atoms with E-state index in [1.165, 1.54) is 12.1 Å². The molecular formula is C22H20ClF4N3O3. The zero-order chi connectivity index (χ0) is 23.8. The van der Waals surface area contributed by atoms with Gasteiger partial charge in [0.2, 0.25) is 5.88 Å². The van der Waals surface area contributed by atoms with Crippen molar-refractivity contribution in [3.8, 4) is 5.88 Å². The van der Waals surface area contributed by atoms with E-state index in [4.69, 9.17) is 16.3 Å². The van der Waals surface area contributed by atoms with Crippen molar-refractivity contribution < 1.29 is 27.1 Å². The number of halogens is 5. The van der Waals surface area contributed by atoms with Crippen LogP contribution >= 0.6 is 11.6 Å². The van der Waals surface area contributed by atoms with Gasteiger partial charge in [0.05, 0.1) is 11.1 Å². The van der Waals surface area contributed by atoms with E-state index in [1.807, 2.05) is 0 Å². The van der Waals surface area contributed by atoms with Crippen molar-refractivity contribution in [2.45, 2.75) is 50.4 Å². The number of benzene rings is 1. The minimum absolute atomic E-state index is 0.0368. The van der Waals surface area contributed by atoms with Crippen molar-refractivity contribution in [3.63, 3.8) is 0 Å². The summed E-state index contributed by atoms with van der Waals surface area (Å²) in [4.78, 5) is 28.0. The van der Waals surface area contributed by atoms with E-state index in [-0.39, 0.29) is 28.5 Å². The maximum atomic E-state index is 14.4. The first-order valence-corrected chi connectivity index (χ1v) is 10.8. The molecule has 6 nitrogen and oxygen atoms in total. The van der Waals surface area contributed by atoms with E-state index in [1.54, 1.807) is 0 Å². The van der Waals surface area contributed by atoms with Gasteiger partial charge < -0.3 is 4.74 Å². The zero-order valence-electron chi connectivity index (χ0n) is 17.4. The highest BCUT2D eigenvalue weighted by atomic mass is 35.5. The molecule has 1 saturated heterocycles. The van der Waals surface area contributed by atoms with Crippen LogP contribution in [0.25, 0.3) is 0 Å². The Kier molecular flexibility index (Phi) is 6.67. The van der Waals surface area contributed by atoms with Crippen LogP contribution in [0.15, 0.2) is 29.6 Å². The Morgan fingerprint density at radius 1 is 1.18 bits per heavy atom. The van der Waals surface area contributed by atoms with Crippen molar-refractivity contribution in [3.05, 3.63) is 62.4 Å². The van der Waals surface area contributed by atoms with E-state index in [9.17, 15) is 27.3 Å². The van der Waals surface area contributed by atoms with Crippen molar-refractivity contribution in [2.75, 3.05) is 13.1 Å². The highest BCUT2D eigenvalue weighted by molar-refractivity contribution is 6.31. The molecule has 176 valence electrons. The lowest BCUT2D eigenvalue weighted by atomic mass is 9.97. The van der Waals surface area contributed by atoms with Gasteiger partial charge in [-0.15, -0.1) is 4.91 Å². The molecule has 1 saturated carbocycles. The van der Waals surface area contributed by atoms with Gasteiger partial charge in [-0.1, -0.05) is 11.6 Å². The molecular weight excluding hydrogens is 466 g/mol. The maximum Gasteiger partial charge on any atom is 0.417 e. The van der Waals surface area contributed by atoms with Crippen molar-refractivity contribution >= 4 is 17.5 Å². The molecule has 1 amide bonds. The van der Waals surface area contributed by atoms with Gasteiger partial charge >= 0.3 is 12.1 Å². The topological polar surface area (TPSA) is 71.9 Å². The molecule has 0 N–H and O–H groups in total. The van der Waals surface area contributed by atoms with E-state index < -0.39 is 23.5 Å². The lowest BCUT2D eigenvalue weighted by Gasteiger charge is -2.32. The van der Waals surface area contributed by atoms with Gasteiger partial charge in [0, 0.05) is 31.0 Å². The minimum Gasteiger partial charge on any atom is -0.473 e. The molecule has 1 aliphatic carbocycles. The number of aromatic nitrogens is 1. The number of carbonyl (C=O) groups is 1. The first-order valence-electron chi connectivity index (χ1n) is 10.5. The molecule has 0 unspecified atom stereocenters. The fourth-order valence-corrected chi connectivity index (χ4v) is 4.22. The number of carbonyl (C=O) groups excluding carboxylic acids is 1. The Labute approximate surface area is 191 Å². The third-order valence-corrected chi connectivity index (χ3v) is 6.17. The molecule has 0 atom stereocenters. The molecule has 0 radical (unpaired) electrons. The Morgan fingerprint density at radius 3 is 2.45 bits per heavy atom. The summed E-state index contributed by atoms with van der Waals surface area (Å²) in [6.07, 6.45) is -1.04. The van der Waals surface area contributed by atoms with Crippen LogP contribution in [0.1, 0.15) is 58.6 Å². The van der Waals surface area contributed by atoms with Crippen molar-refractivity contribution in [1.29, 1.82) is 0 Å². The molecule has 2 fully saturated rings. The van der Waals surface area contributed by atoms with Crippen molar-refractivity contribution in [2.24, 2.45) is 5.18 Å². The van der Waals surface area contributed by atoms with Gasteiger partial charge in [-0.3, -0.25) is 9.69 Å². The number of pyridine rings is 1. The van der Waals surface area contributed by atoms with Crippen LogP contribution in [0.4, 0.5) is 17.6 Å². The summed E-state index contributed by atoms with van der Waals surface area (Å²) < 4.78 is 58.4. The first-order chi connectivity index (χ1) is 15.7. The molecule has 0 bridgehead atoms. The molecule has 2 heterocycles. The number of nitrogens with zero attached hydrogens (tertiary/aromatic N) is 3. The number of nitroso groups, excluding NO2 is 1. The largest absolute Gasteiger partial charge is 0.473 e. The number of likely N-dealkylation sites (tertiary alicyclic amines) is 1. The summed E-state index contributed by atoms with van der Waals surface area (Å²) in [5, 5.41) is 2.13. The van der Waals surface area contributed by atoms with E-state index in [0.717, 1.165) is 30.0 Å². The highest BCUT2D eigenvalue weighted by Crippen LogP contribution is 2.43. The second-order valence-electron chi connectivity index (χ2n) is 8.30. The van der Waals surface area contributed by atoms with Crippen LogP contribution < -0.4 is 4.74 Å². The van der Waals surface area contributed by atoms with Gasteiger partial charge in [-0.2, -0.15) is 13.2 Å². The van der Waals surface area contributed by atoms with Gasteiger partial charge in [0.15, 0.2) is 0 Å². The Hall–Kier alpha value is -2.59. The van der Waals surface area contributed by atoms with Gasteiger partial charge in [-0.25, -0.2) is 9.37 Å². The van der Waals surface area contributed by atoms with Crippen LogP contribution in [0.3, 0.4) is 0 Å². The summed E-state index contributed by atoms with van der Waals surface area (Å²) in [6, 6.07) is 3.54. The predicted molar refractivity (Wildman–Crippen MR) is 112 cm³/mol. The molecule has 2 aliphatic rings. The van der Waals surface area contributed by atoms with E-state index in [0.29, 0.717) is 38.7 Å². The number of hydrogen-bond acceptors (Lipinski definition) is 5. The fourth-order valence-electron chi connectivity index (χ4n) is 4.01. The quantitative estimate of drug-likeness (QED) is 0.386. The molecule has 0 spiro atoms. The normalized spacial score (nSPS) is 17.7. The average Bonchev–Trinajstić information content (AvgIpc) is 3.60. The standard InChI is InChI=1S/C22H20ClF4N3O3/c23-18-8-14(22(25,26)27)10-28-21(18)33-15-3-5-30(6-4-15)11-13-7-19(24)17(20(31)29-32)9-16(13)12-1-2-12/h7-10,12,15H,1-6,11H2. The Bertz CT molecular complexity index is 1070. The lowest BCUT2D eigenvalue weighted by molar-refractivity contribution is -0.137. The molecule has 1 aliphatic heterocycles. The number of ether oxygens (including phenoxy) is 1. The summed E-state index contributed by atoms with van der Waals surface area (Å²) in [6.45, 7) is 1.70. The summed E-state index contributed by atoms with van der Waals surface area (Å²) >= 11 is 5.92. The van der Waals surface area contributed by atoms with Crippen LogP contribution in [0.5, 0.6) is 5.88 Å². The maximum absolute atomic E-state index is 14.4. The minimum atomic E-state index is -4.53. The molecule has 33 heavy (non-hydrogen) atoms. The van der Waals surface area contributed by atoms with Crippen LogP contribution in [-0.4, -0.2) is 35.0 Å². The monoisotopic (exact) mass is 485 g/mol. The van der Waals surface area contributed by atoms with Gasteiger partial charge in [-0.05, 0) is 60.9 Å². The smallest absolute Gasteiger partial charge is 0.417 e. The van der Waals surface area contributed by atoms with Crippen molar-refractivity contribution in [1.82, 2.24) is 9.88 Å². The fraction of sp³-hybridized carbons (Fsp3) is 0.455. The summed E-state index contributed by atoms with van der Waals surface area (Å²) in [5.41, 5.74) is 0.389. The van der Waals surface area contributed by atoms with Gasteiger partial charge in [0.1, 0.15) is 16.9 Å². The first kappa shape index (κ1) is 23.6. The third kappa shape index (κ3) is 5.50. The highest BCUT2D eigenvalue weighted by Gasteiger charge is 2.33. The average molecular weight is 486 g/mol. The van der Waals surface area contributed by atoms with Crippen LogP contribution in [0.2, 0.25) is 5.02 Å². The van der Waals surface area contributed by atoms with E-state index >= 15 is 0 Å². The Morgan fingerprint density at radius 2 is 1.88 bits per heavy atom. The number of amides is 1. The summed E-state index contributed by atoms with van der Waals surface area (Å²) in [5.74, 6) is -1.67. The number of alkyl halides is 3. The number of piperidine rings is 1. The number of hydrogen-bond donors (Lipinski definition) is 0. The van der Waals surface area contributed by atoms with Gasteiger partial charge in [0.25, 0.3) is 0 Å². The third-order valence-electron chi connectivity index (χ3n) is 5.90. The summed E-state index contributed by atoms with van der Waals surface area (Å²) in [7, 11) is 0. The zero-order valence-corrected chi connectivity index (χ0v) is 18.1.